The Balaban J connectivity index is 1.96. The predicted octanol–water partition coefficient (Wildman–Crippen LogP) is 4.73. The summed E-state index contributed by atoms with van der Waals surface area (Å²) in [5.74, 6) is -4.57. The monoisotopic (exact) mass is 722 g/mol. The molecule has 11 heteroatoms. The number of esters is 3. The van der Waals surface area contributed by atoms with Crippen molar-refractivity contribution in [1.29, 1.82) is 0 Å². The normalized spacial score (nSPS) is 34.0. The average molecular weight is 723 g/mol. The Bertz CT molecular complexity index is 1630. The molecule has 0 spiro atoms. The summed E-state index contributed by atoms with van der Waals surface area (Å²) in [5.41, 5.74) is -4.16. The van der Waals surface area contributed by atoms with Gasteiger partial charge in [-0.1, -0.05) is 89.2 Å². The van der Waals surface area contributed by atoms with Crippen LogP contribution < -0.4 is 0 Å². The van der Waals surface area contributed by atoms with E-state index in [0.717, 1.165) is 12.5 Å². The summed E-state index contributed by atoms with van der Waals surface area (Å²) in [7, 11) is 0. The number of carbonyl (C=O) groups excluding carboxylic acids is 3. The van der Waals surface area contributed by atoms with E-state index in [1.165, 1.54) is 6.92 Å². The molecule has 0 amide bonds. The summed E-state index contributed by atoms with van der Waals surface area (Å²) in [5, 5.41) is 49.1. The predicted molar refractivity (Wildman–Crippen MR) is 193 cm³/mol. The van der Waals surface area contributed by atoms with Gasteiger partial charge in [0.05, 0.1) is 23.1 Å². The molecule has 1 fully saturated rings. The number of aliphatic hydroxyl groups excluding tert-OH is 2. The second-order valence-electron chi connectivity index (χ2n) is 15.7. The number of hydrogen-bond donors (Lipinski definition) is 4. The molecule has 52 heavy (non-hydrogen) atoms. The van der Waals surface area contributed by atoms with Gasteiger partial charge in [-0.2, -0.15) is 0 Å². The minimum absolute atomic E-state index is 0.0592. The van der Waals surface area contributed by atoms with Crippen LogP contribution in [0.3, 0.4) is 0 Å². The van der Waals surface area contributed by atoms with E-state index in [9.17, 15) is 34.8 Å². The Morgan fingerprint density at radius 1 is 0.904 bits per heavy atom. The number of rotatable bonds is 8. The van der Waals surface area contributed by atoms with Gasteiger partial charge in [-0.15, -0.1) is 0 Å². The molecule has 10 atom stereocenters. The molecule has 0 bridgehead atoms. The summed E-state index contributed by atoms with van der Waals surface area (Å²) >= 11 is 0. The maximum absolute atomic E-state index is 13.7. The number of carbonyl (C=O) groups is 3. The second-order valence-corrected chi connectivity index (χ2v) is 15.7. The molecule has 2 aromatic rings. The third-order valence-electron chi connectivity index (χ3n) is 10.1. The molecule has 284 valence electrons. The molecule has 0 aromatic heterocycles. The van der Waals surface area contributed by atoms with Gasteiger partial charge in [0.25, 0.3) is 0 Å². The van der Waals surface area contributed by atoms with Gasteiger partial charge in [0, 0.05) is 31.3 Å². The Morgan fingerprint density at radius 2 is 1.52 bits per heavy atom. The van der Waals surface area contributed by atoms with E-state index in [-0.39, 0.29) is 29.2 Å². The summed E-state index contributed by atoms with van der Waals surface area (Å²) < 4.78 is 24.2. The largest absolute Gasteiger partial charge is 0.459 e. The first-order valence-electron chi connectivity index (χ1n) is 17.7. The molecule has 2 aliphatic rings. The lowest BCUT2D eigenvalue weighted by molar-refractivity contribution is -0.182. The lowest BCUT2D eigenvalue weighted by atomic mass is 9.71. The molecule has 4 N–H and O–H groups in total. The minimum Gasteiger partial charge on any atom is -0.459 e. The van der Waals surface area contributed by atoms with E-state index >= 15 is 0 Å². The van der Waals surface area contributed by atoms with Crippen LogP contribution in [-0.4, -0.2) is 92.8 Å². The number of hydrogen-bond acceptors (Lipinski definition) is 11. The van der Waals surface area contributed by atoms with E-state index in [4.69, 9.17) is 18.9 Å². The first kappa shape index (κ1) is 40.9. The maximum Gasteiger partial charge on any atom is 0.338 e. The molecule has 2 aliphatic carbocycles. The van der Waals surface area contributed by atoms with Crippen LogP contribution in [0, 0.1) is 30.1 Å². The van der Waals surface area contributed by atoms with Gasteiger partial charge in [0.1, 0.15) is 35.6 Å². The van der Waals surface area contributed by atoms with Crippen LogP contribution in [0.5, 0.6) is 0 Å². The second kappa shape index (κ2) is 16.0. The maximum atomic E-state index is 13.7. The summed E-state index contributed by atoms with van der Waals surface area (Å²) in [6.45, 7) is 17.4. The fraction of sp³-hybridized carbons (Fsp3) is 0.537. The average Bonchev–Trinajstić information content (AvgIpc) is 3.27. The molecular formula is C41H54O11. The van der Waals surface area contributed by atoms with E-state index in [2.05, 4.69) is 6.58 Å². The van der Waals surface area contributed by atoms with Crippen LogP contribution in [-0.2, 0) is 23.7 Å². The molecule has 4 rings (SSSR count). The van der Waals surface area contributed by atoms with Crippen molar-refractivity contribution in [2.75, 3.05) is 6.61 Å². The zero-order chi connectivity index (χ0) is 38.8. The smallest absolute Gasteiger partial charge is 0.338 e. The first-order chi connectivity index (χ1) is 24.2. The van der Waals surface area contributed by atoms with Gasteiger partial charge in [0.15, 0.2) is 6.10 Å². The fourth-order valence-electron chi connectivity index (χ4n) is 7.36. The number of aliphatic hydroxyl groups is 4. The van der Waals surface area contributed by atoms with Crippen molar-refractivity contribution in [2.45, 2.75) is 110 Å². The molecule has 2 aromatic carbocycles. The topological polar surface area (TPSA) is 169 Å². The standard InChI is InChI=1S/C41H54O11/c1-23(2)21-49-32-26(5)31(43)33(51-38(46)29-17-13-14-24(3)20-29)34(44)39(7,8)19-18-25(4)35(52-37(45)28-15-11-10-12-16-28)41(48)22-40(9,47)36(30(32)41)50-27(6)42/h10-20,23,25,30-36,43-44,47-48H,5,21-22H2,1-4,6-9H3/b19-18+/t25-,30-,31-,32-,33+,34+,35-,36+,40+,41+/m0/s1. The van der Waals surface area contributed by atoms with Crippen LogP contribution in [0.25, 0.3) is 0 Å². The van der Waals surface area contributed by atoms with Gasteiger partial charge >= 0.3 is 17.9 Å². The van der Waals surface area contributed by atoms with Crippen molar-refractivity contribution < 1.29 is 53.8 Å². The number of benzene rings is 2. The summed E-state index contributed by atoms with van der Waals surface area (Å²) in [4.78, 5) is 39.8. The third-order valence-corrected chi connectivity index (χ3v) is 10.1. The van der Waals surface area contributed by atoms with Crippen molar-refractivity contribution in [3.05, 3.63) is 95.6 Å². The van der Waals surface area contributed by atoms with Crippen LogP contribution in [0.2, 0.25) is 0 Å². The van der Waals surface area contributed by atoms with Crippen molar-refractivity contribution in [2.24, 2.45) is 23.2 Å². The highest BCUT2D eigenvalue weighted by Crippen LogP contribution is 2.52. The molecule has 0 aliphatic heterocycles. The van der Waals surface area contributed by atoms with Crippen LogP contribution in [0.4, 0.5) is 0 Å². The van der Waals surface area contributed by atoms with Gasteiger partial charge < -0.3 is 39.4 Å². The zero-order valence-corrected chi connectivity index (χ0v) is 31.3. The van der Waals surface area contributed by atoms with Crippen molar-refractivity contribution >= 4 is 17.9 Å². The number of aryl methyl sites for hydroxylation is 1. The van der Waals surface area contributed by atoms with Gasteiger partial charge in [-0.3, -0.25) is 4.79 Å². The van der Waals surface area contributed by atoms with E-state index < -0.39 is 89.4 Å². The molecule has 0 unspecified atom stereocenters. The molecule has 0 heterocycles. The van der Waals surface area contributed by atoms with E-state index in [1.54, 1.807) is 81.5 Å². The minimum atomic E-state index is -2.17. The molecule has 1 saturated carbocycles. The van der Waals surface area contributed by atoms with Gasteiger partial charge in [-0.25, -0.2) is 9.59 Å². The summed E-state index contributed by atoms with van der Waals surface area (Å²) in [6.07, 6.45) is -6.31. The highest BCUT2D eigenvalue weighted by Gasteiger charge is 2.68. The Labute approximate surface area is 306 Å². The number of fused-ring (bicyclic) bond motifs is 1. The molecule has 0 saturated heterocycles. The molecular weight excluding hydrogens is 668 g/mol. The molecule has 11 nitrogen and oxygen atoms in total. The molecule has 0 radical (unpaired) electrons. The third kappa shape index (κ3) is 8.83. The number of ether oxygens (including phenoxy) is 4. The highest BCUT2D eigenvalue weighted by molar-refractivity contribution is 5.90. The first-order valence-corrected chi connectivity index (χ1v) is 17.7. The van der Waals surface area contributed by atoms with Gasteiger partial charge in [-0.05, 0) is 49.6 Å². The zero-order valence-electron chi connectivity index (χ0n) is 31.3. The van der Waals surface area contributed by atoms with E-state index in [1.807, 2.05) is 26.8 Å². The van der Waals surface area contributed by atoms with Gasteiger partial charge in [0.2, 0.25) is 0 Å². The lowest BCUT2D eigenvalue weighted by Gasteiger charge is -2.45. The van der Waals surface area contributed by atoms with Crippen LogP contribution in [0.1, 0.15) is 81.2 Å². The Hall–Kier alpha value is -3.87. The van der Waals surface area contributed by atoms with Crippen molar-refractivity contribution in [3.63, 3.8) is 0 Å². The summed E-state index contributed by atoms with van der Waals surface area (Å²) in [6, 6.07) is 14.9. The lowest BCUT2D eigenvalue weighted by Crippen LogP contribution is -2.59. The van der Waals surface area contributed by atoms with Crippen LogP contribution in [0.15, 0.2) is 78.9 Å². The highest BCUT2D eigenvalue weighted by atomic mass is 16.6. The Morgan fingerprint density at radius 3 is 2.12 bits per heavy atom. The fourth-order valence-corrected chi connectivity index (χ4v) is 7.36. The Kier molecular flexibility index (Phi) is 12.6. The van der Waals surface area contributed by atoms with E-state index in [0.29, 0.717) is 0 Å². The quantitative estimate of drug-likeness (QED) is 0.169. The van der Waals surface area contributed by atoms with Crippen LogP contribution >= 0.6 is 0 Å². The van der Waals surface area contributed by atoms with Crippen molar-refractivity contribution in [1.82, 2.24) is 0 Å². The van der Waals surface area contributed by atoms with Crippen molar-refractivity contribution in [3.8, 4) is 0 Å². The SMILES string of the molecule is C=C1[C@H](O)[C@@H](OC(=O)c2cccc(C)c2)[C@@H](O)C(C)(C)/C=C/[C@H](C)[C@H](OC(=O)c2ccccc2)[C@@]2(O)C[C@@](C)(O)[C@H](OC(C)=O)[C@@H]2[C@H]1OCC(C)C.